The van der Waals surface area contributed by atoms with Gasteiger partial charge in [0.1, 0.15) is 0 Å². The van der Waals surface area contributed by atoms with E-state index in [2.05, 4.69) is 32.2 Å². The van der Waals surface area contributed by atoms with Crippen LogP contribution in [0.1, 0.15) is 80.9 Å². The van der Waals surface area contributed by atoms with Crippen LogP contribution in [-0.2, 0) is 6.42 Å². The third kappa shape index (κ3) is 3.02. The summed E-state index contributed by atoms with van der Waals surface area (Å²) >= 11 is 0. The van der Waals surface area contributed by atoms with E-state index in [0.29, 0.717) is 23.6 Å². The molecule has 2 aromatic heterocycles. The van der Waals surface area contributed by atoms with Gasteiger partial charge in [-0.3, -0.25) is 4.90 Å². The van der Waals surface area contributed by atoms with E-state index in [-0.39, 0.29) is 6.04 Å². The van der Waals surface area contributed by atoms with Crippen LogP contribution in [0.3, 0.4) is 0 Å². The molecular formula is C16H23N5O2. The maximum atomic E-state index is 5.72. The Morgan fingerprint density at radius 1 is 1.22 bits per heavy atom. The molecule has 3 heterocycles. The summed E-state index contributed by atoms with van der Waals surface area (Å²) < 4.78 is 11.1. The number of hydrogen-bond donors (Lipinski definition) is 0. The zero-order chi connectivity index (χ0) is 15.8. The van der Waals surface area contributed by atoms with Crippen molar-refractivity contribution < 1.29 is 8.94 Å². The van der Waals surface area contributed by atoms with Gasteiger partial charge in [-0.25, -0.2) is 0 Å². The number of aryl methyl sites for hydroxylation is 1. The first-order valence-corrected chi connectivity index (χ1v) is 8.64. The lowest BCUT2D eigenvalue weighted by atomic mass is 9.96. The van der Waals surface area contributed by atoms with Crippen LogP contribution >= 0.6 is 0 Å². The van der Waals surface area contributed by atoms with E-state index < -0.39 is 0 Å². The summed E-state index contributed by atoms with van der Waals surface area (Å²) in [6, 6.07) is 0.125. The van der Waals surface area contributed by atoms with Gasteiger partial charge in [0.2, 0.25) is 17.7 Å². The molecule has 2 aliphatic rings. The maximum Gasteiger partial charge on any atom is 0.233 e. The summed E-state index contributed by atoms with van der Waals surface area (Å²) in [6.07, 6.45) is 5.38. The highest BCUT2D eigenvalue weighted by molar-refractivity contribution is 5.06. The molecule has 0 spiro atoms. The molecule has 1 saturated carbocycles. The molecule has 7 nitrogen and oxygen atoms in total. The number of rotatable bonds is 5. The van der Waals surface area contributed by atoms with Gasteiger partial charge in [-0.05, 0) is 39.2 Å². The van der Waals surface area contributed by atoms with Gasteiger partial charge in [0.05, 0.1) is 6.04 Å². The van der Waals surface area contributed by atoms with Crippen LogP contribution < -0.4 is 0 Å². The Morgan fingerprint density at radius 2 is 2.09 bits per heavy atom. The minimum Gasteiger partial charge on any atom is -0.424 e. The van der Waals surface area contributed by atoms with Crippen LogP contribution in [0, 0.1) is 0 Å². The van der Waals surface area contributed by atoms with E-state index in [1.807, 2.05) is 6.92 Å². The van der Waals surface area contributed by atoms with E-state index in [1.165, 1.54) is 12.8 Å². The lowest BCUT2D eigenvalue weighted by molar-refractivity contribution is 0.134. The number of piperidine rings is 1. The van der Waals surface area contributed by atoms with Crippen molar-refractivity contribution in [3.63, 3.8) is 0 Å². The van der Waals surface area contributed by atoms with E-state index in [1.54, 1.807) is 0 Å². The highest BCUT2D eigenvalue weighted by atomic mass is 16.5. The summed E-state index contributed by atoms with van der Waals surface area (Å²) in [5.41, 5.74) is 0. The molecule has 23 heavy (non-hydrogen) atoms. The fraction of sp³-hybridized carbons (Fsp3) is 0.750. The molecule has 0 radical (unpaired) electrons. The Balaban J connectivity index is 1.45. The average molecular weight is 317 g/mol. The minimum atomic E-state index is 0.125. The predicted molar refractivity (Wildman–Crippen MR) is 81.9 cm³/mol. The second-order valence-electron chi connectivity index (χ2n) is 6.66. The van der Waals surface area contributed by atoms with Gasteiger partial charge in [-0.15, -0.1) is 10.2 Å². The Labute approximate surface area is 135 Å². The van der Waals surface area contributed by atoms with E-state index in [4.69, 9.17) is 8.94 Å². The number of hydrogen-bond acceptors (Lipinski definition) is 7. The molecule has 0 aromatic carbocycles. The van der Waals surface area contributed by atoms with Crippen LogP contribution in [0.2, 0.25) is 0 Å². The van der Waals surface area contributed by atoms with Crippen molar-refractivity contribution >= 4 is 0 Å². The molecule has 7 heteroatoms. The SMILES string of the molecule is CCc1nnc([C@@H](C)N2CCC[C@@H](c3noc(C4CC4)n3)C2)o1. The zero-order valence-electron chi connectivity index (χ0n) is 13.7. The third-order valence-electron chi connectivity index (χ3n) is 4.89. The summed E-state index contributed by atoms with van der Waals surface area (Å²) in [5, 5.41) is 12.5. The molecule has 1 aliphatic heterocycles. The fourth-order valence-electron chi connectivity index (χ4n) is 3.21. The molecule has 0 N–H and O–H groups in total. The van der Waals surface area contributed by atoms with Crippen LogP contribution in [0.5, 0.6) is 0 Å². The van der Waals surface area contributed by atoms with Gasteiger partial charge in [0.15, 0.2) is 5.82 Å². The zero-order valence-corrected chi connectivity index (χ0v) is 13.7. The Morgan fingerprint density at radius 3 is 2.83 bits per heavy atom. The molecule has 0 amide bonds. The predicted octanol–water partition coefficient (Wildman–Crippen LogP) is 2.83. The molecule has 2 aromatic rings. The highest BCUT2D eigenvalue weighted by Gasteiger charge is 2.33. The lowest BCUT2D eigenvalue weighted by Gasteiger charge is -2.34. The van der Waals surface area contributed by atoms with Crippen LogP contribution in [0.25, 0.3) is 0 Å². The second-order valence-corrected chi connectivity index (χ2v) is 6.66. The van der Waals surface area contributed by atoms with Crippen molar-refractivity contribution in [2.24, 2.45) is 0 Å². The monoisotopic (exact) mass is 317 g/mol. The topological polar surface area (TPSA) is 81.1 Å². The molecule has 2 fully saturated rings. The molecular weight excluding hydrogens is 294 g/mol. The molecule has 1 aliphatic carbocycles. The van der Waals surface area contributed by atoms with E-state index >= 15 is 0 Å². The van der Waals surface area contributed by atoms with Crippen LogP contribution in [0.15, 0.2) is 8.94 Å². The van der Waals surface area contributed by atoms with E-state index in [9.17, 15) is 0 Å². The molecule has 2 atom stereocenters. The lowest BCUT2D eigenvalue weighted by Crippen LogP contribution is -2.36. The van der Waals surface area contributed by atoms with Crippen LogP contribution in [0.4, 0.5) is 0 Å². The second kappa shape index (κ2) is 6.03. The van der Waals surface area contributed by atoms with Gasteiger partial charge in [0.25, 0.3) is 0 Å². The van der Waals surface area contributed by atoms with Gasteiger partial charge in [0, 0.05) is 24.8 Å². The average Bonchev–Trinajstić information content (AvgIpc) is 3.14. The Bertz CT molecular complexity index is 663. The first-order valence-electron chi connectivity index (χ1n) is 8.64. The van der Waals surface area contributed by atoms with Crippen molar-refractivity contribution in [3.05, 3.63) is 23.5 Å². The minimum absolute atomic E-state index is 0.125. The normalized spacial score (nSPS) is 24.0. The summed E-state index contributed by atoms with van der Waals surface area (Å²) in [7, 11) is 0. The smallest absolute Gasteiger partial charge is 0.233 e. The number of likely N-dealkylation sites (tertiary alicyclic amines) is 1. The third-order valence-corrected chi connectivity index (χ3v) is 4.89. The largest absolute Gasteiger partial charge is 0.424 e. The van der Waals surface area contributed by atoms with Gasteiger partial charge < -0.3 is 8.94 Å². The molecule has 4 rings (SSSR count). The number of aromatic nitrogens is 4. The molecule has 0 bridgehead atoms. The first-order chi connectivity index (χ1) is 11.2. The Kier molecular flexibility index (Phi) is 3.88. The summed E-state index contributed by atoms with van der Waals surface area (Å²) in [5.74, 6) is 3.94. The van der Waals surface area contributed by atoms with Crippen molar-refractivity contribution in [2.45, 2.75) is 63.8 Å². The first kappa shape index (κ1) is 14.8. The fourth-order valence-corrected chi connectivity index (χ4v) is 3.21. The quantitative estimate of drug-likeness (QED) is 0.838. The molecule has 1 saturated heterocycles. The van der Waals surface area contributed by atoms with Crippen LogP contribution in [-0.4, -0.2) is 38.3 Å². The standard InChI is InChI=1S/C16H23N5O2/c1-3-13-18-19-15(22-13)10(2)21-8-4-5-12(9-21)14-17-16(23-20-14)11-6-7-11/h10-12H,3-9H2,1-2H3/t10-,12-/m1/s1. The van der Waals surface area contributed by atoms with Crippen molar-refractivity contribution in [3.8, 4) is 0 Å². The van der Waals surface area contributed by atoms with Crippen molar-refractivity contribution in [2.75, 3.05) is 13.1 Å². The highest BCUT2D eigenvalue weighted by Crippen LogP contribution is 2.40. The van der Waals surface area contributed by atoms with Gasteiger partial charge >= 0.3 is 0 Å². The van der Waals surface area contributed by atoms with Crippen molar-refractivity contribution in [1.82, 2.24) is 25.2 Å². The molecule has 0 unspecified atom stereocenters. The maximum absolute atomic E-state index is 5.72. The van der Waals surface area contributed by atoms with Gasteiger partial charge in [-0.1, -0.05) is 12.1 Å². The van der Waals surface area contributed by atoms with E-state index in [0.717, 1.165) is 44.1 Å². The summed E-state index contributed by atoms with van der Waals surface area (Å²) in [6.45, 7) is 6.09. The molecule has 124 valence electrons. The Hall–Kier alpha value is -1.76. The number of nitrogens with zero attached hydrogens (tertiary/aromatic N) is 5. The van der Waals surface area contributed by atoms with Crippen molar-refractivity contribution in [1.29, 1.82) is 0 Å². The van der Waals surface area contributed by atoms with Gasteiger partial charge in [-0.2, -0.15) is 4.98 Å². The summed E-state index contributed by atoms with van der Waals surface area (Å²) in [4.78, 5) is 7.01.